The van der Waals surface area contributed by atoms with Crippen LogP contribution in [0.5, 0.6) is 0 Å². The normalized spacial score (nSPS) is 17.3. The molecule has 152 valence electrons. The van der Waals surface area contributed by atoms with Gasteiger partial charge in [-0.25, -0.2) is 4.98 Å². The second-order valence-electron chi connectivity index (χ2n) is 7.67. The van der Waals surface area contributed by atoms with E-state index in [1.54, 1.807) is 23.4 Å². The number of anilines is 2. The minimum atomic E-state index is -0.0694. The summed E-state index contributed by atoms with van der Waals surface area (Å²) >= 11 is 0. The van der Waals surface area contributed by atoms with Crippen molar-refractivity contribution in [3.63, 3.8) is 0 Å². The van der Waals surface area contributed by atoms with Gasteiger partial charge in [0, 0.05) is 44.6 Å². The van der Waals surface area contributed by atoms with Crippen LogP contribution in [0.4, 0.5) is 11.5 Å². The molecule has 2 amide bonds. The molecule has 4 rings (SSSR count). The molecule has 2 aliphatic rings. The van der Waals surface area contributed by atoms with Gasteiger partial charge in [0.25, 0.3) is 5.91 Å². The van der Waals surface area contributed by atoms with Gasteiger partial charge < -0.3 is 15.1 Å². The summed E-state index contributed by atoms with van der Waals surface area (Å²) in [5.74, 6) is 0.501. The van der Waals surface area contributed by atoms with E-state index in [4.69, 9.17) is 0 Å². The van der Waals surface area contributed by atoms with Crippen molar-refractivity contribution in [3.05, 3.63) is 47.9 Å². The largest absolute Gasteiger partial charge is 0.359 e. The standard InChI is InChI=1S/C21H26N6O2/c1-15(2)25-7-9-26(10-8-25)21(29)16-11-18-20(23-12-16)24-13-19(28)27(18)14-17-5-3-4-6-22-17/h3-6,11-12,15H,7-10,13-14H2,1-2H3,(H,23,24). The Bertz CT molecular complexity index is 893. The third kappa shape index (κ3) is 4.07. The van der Waals surface area contributed by atoms with E-state index < -0.39 is 0 Å². The Labute approximate surface area is 170 Å². The van der Waals surface area contributed by atoms with Crippen molar-refractivity contribution in [1.29, 1.82) is 0 Å². The van der Waals surface area contributed by atoms with E-state index in [0.717, 1.165) is 18.8 Å². The summed E-state index contributed by atoms with van der Waals surface area (Å²) in [5.41, 5.74) is 1.91. The lowest BCUT2D eigenvalue weighted by Gasteiger charge is -2.37. The van der Waals surface area contributed by atoms with Crippen LogP contribution in [0.25, 0.3) is 0 Å². The van der Waals surface area contributed by atoms with Crippen LogP contribution in [-0.4, -0.2) is 70.3 Å². The van der Waals surface area contributed by atoms with Gasteiger partial charge in [-0.05, 0) is 32.0 Å². The third-order valence-electron chi connectivity index (χ3n) is 5.49. The van der Waals surface area contributed by atoms with Crippen LogP contribution in [0.15, 0.2) is 36.7 Å². The van der Waals surface area contributed by atoms with Crippen LogP contribution >= 0.6 is 0 Å². The molecule has 0 aromatic carbocycles. The van der Waals surface area contributed by atoms with Gasteiger partial charge in [-0.15, -0.1) is 0 Å². The molecule has 0 aliphatic carbocycles. The number of fused-ring (bicyclic) bond motifs is 1. The van der Waals surface area contributed by atoms with Gasteiger partial charge in [0.05, 0.1) is 30.0 Å². The van der Waals surface area contributed by atoms with Gasteiger partial charge >= 0.3 is 0 Å². The number of piperazine rings is 1. The van der Waals surface area contributed by atoms with Gasteiger partial charge in [0.15, 0.2) is 5.82 Å². The number of amides is 2. The monoisotopic (exact) mass is 394 g/mol. The van der Waals surface area contributed by atoms with Crippen molar-refractivity contribution in [2.24, 2.45) is 0 Å². The van der Waals surface area contributed by atoms with Crippen LogP contribution in [-0.2, 0) is 11.3 Å². The number of nitrogens with one attached hydrogen (secondary N) is 1. The van der Waals surface area contributed by atoms with E-state index in [0.29, 0.717) is 42.7 Å². The molecular weight excluding hydrogens is 368 g/mol. The highest BCUT2D eigenvalue weighted by atomic mass is 16.2. The topological polar surface area (TPSA) is 81.7 Å². The summed E-state index contributed by atoms with van der Waals surface area (Å²) in [6, 6.07) is 7.87. The molecule has 2 aromatic rings. The highest BCUT2D eigenvalue weighted by Crippen LogP contribution is 2.30. The zero-order valence-corrected chi connectivity index (χ0v) is 16.8. The van der Waals surface area contributed by atoms with Gasteiger partial charge in [-0.2, -0.15) is 0 Å². The third-order valence-corrected chi connectivity index (χ3v) is 5.49. The lowest BCUT2D eigenvalue weighted by molar-refractivity contribution is -0.117. The summed E-state index contributed by atoms with van der Waals surface area (Å²) in [4.78, 5) is 40.2. The summed E-state index contributed by atoms with van der Waals surface area (Å²) < 4.78 is 0. The van der Waals surface area contributed by atoms with Gasteiger partial charge in [0.2, 0.25) is 5.91 Å². The molecule has 0 unspecified atom stereocenters. The number of carbonyl (C=O) groups excluding carboxylic acids is 2. The van der Waals surface area contributed by atoms with E-state index in [9.17, 15) is 9.59 Å². The van der Waals surface area contributed by atoms with E-state index in [1.807, 2.05) is 23.1 Å². The Morgan fingerprint density at radius 2 is 1.97 bits per heavy atom. The molecule has 1 N–H and O–H groups in total. The predicted molar refractivity (Wildman–Crippen MR) is 111 cm³/mol. The van der Waals surface area contributed by atoms with Gasteiger partial charge in [-0.3, -0.25) is 19.5 Å². The first-order valence-electron chi connectivity index (χ1n) is 10.0. The lowest BCUT2D eigenvalue weighted by Crippen LogP contribution is -2.50. The molecule has 2 aromatic heterocycles. The minimum Gasteiger partial charge on any atom is -0.359 e. The predicted octanol–water partition coefficient (Wildman–Crippen LogP) is 1.60. The molecule has 1 saturated heterocycles. The molecule has 8 heteroatoms. The number of rotatable bonds is 4. The molecule has 1 fully saturated rings. The first-order valence-corrected chi connectivity index (χ1v) is 10.0. The zero-order chi connectivity index (χ0) is 20.4. The number of hydrogen-bond acceptors (Lipinski definition) is 6. The maximum atomic E-state index is 13.0. The molecule has 0 atom stereocenters. The van der Waals surface area contributed by atoms with Crippen LogP contribution in [0.2, 0.25) is 0 Å². The molecule has 0 spiro atoms. The number of hydrogen-bond donors (Lipinski definition) is 1. The fraction of sp³-hybridized carbons (Fsp3) is 0.429. The quantitative estimate of drug-likeness (QED) is 0.848. The molecule has 0 radical (unpaired) electrons. The first-order chi connectivity index (χ1) is 14.0. The maximum Gasteiger partial charge on any atom is 0.255 e. The summed E-state index contributed by atoms with van der Waals surface area (Å²) in [5, 5.41) is 3.04. The number of aromatic nitrogens is 2. The average molecular weight is 394 g/mol. The Kier molecular flexibility index (Phi) is 5.44. The van der Waals surface area contributed by atoms with Crippen LogP contribution in [0.1, 0.15) is 29.9 Å². The highest BCUT2D eigenvalue weighted by molar-refractivity contribution is 6.04. The molecule has 2 aliphatic heterocycles. The van der Waals surface area contributed by atoms with E-state index >= 15 is 0 Å². The lowest BCUT2D eigenvalue weighted by atomic mass is 10.1. The van der Waals surface area contributed by atoms with Crippen molar-refractivity contribution in [2.45, 2.75) is 26.4 Å². The molecule has 29 heavy (non-hydrogen) atoms. The van der Waals surface area contributed by atoms with E-state index in [-0.39, 0.29) is 18.4 Å². The van der Waals surface area contributed by atoms with E-state index in [2.05, 4.69) is 34.0 Å². The first kappa shape index (κ1) is 19.3. The number of nitrogens with zero attached hydrogens (tertiary/aromatic N) is 5. The number of carbonyl (C=O) groups is 2. The molecule has 0 saturated carbocycles. The zero-order valence-electron chi connectivity index (χ0n) is 16.8. The second-order valence-corrected chi connectivity index (χ2v) is 7.67. The summed E-state index contributed by atoms with van der Waals surface area (Å²) in [6.07, 6.45) is 3.30. The fourth-order valence-corrected chi connectivity index (χ4v) is 3.75. The molecular formula is C21H26N6O2. The Morgan fingerprint density at radius 1 is 1.17 bits per heavy atom. The SMILES string of the molecule is CC(C)N1CCN(C(=O)c2cnc3c(c2)N(Cc2ccccn2)C(=O)CN3)CC1. The summed E-state index contributed by atoms with van der Waals surface area (Å²) in [6.45, 7) is 8.00. The van der Waals surface area contributed by atoms with Crippen molar-refractivity contribution in [3.8, 4) is 0 Å². The van der Waals surface area contributed by atoms with Crippen LogP contribution in [0.3, 0.4) is 0 Å². The van der Waals surface area contributed by atoms with Gasteiger partial charge in [-0.1, -0.05) is 6.07 Å². The van der Waals surface area contributed by atoms with Crippen molar-refractivity contribution < 1.29 is 9.59 Å². The Morgan fingerprint density at radius 3 is 2.66 bits per heavy atom. The molecule has 0 bridgehead atoms. The molecule has 4 heterocycles. The van der Waals surface area contributed by atoms with Crippen molar-refractivity contribution in [2.75, 3.05) is 42.9 Å². The Hall–Kier alpha value is -3.00. The molecule has 8 nitrogen and oxygen atoms in total. The van der Waals surface area contributed by atoms with Gasteiger partial charge in [0.1, 0.15) is 0 Å². The maximum absolute atomic E-state index is 13.0. The summed E-state index contributed by atoms with van der Waals surface area (Å²) in [7, 11) is 0. The second kappa shape index (κ2) is 8.16. The Balaban J connectivity index is 1.55. The van der Waals surface area contributed by atoms with Crippen LogP contribution in [0, 0.1) is 0 Å². The van der Waals surface area contributed by atoms with E-state index in [1.165, 1.54) is 0 Å². The number of pyridine rings is 2. The highest BCUT2D eigenvalue weighted by Gasteiger charge is 2.28. The average Bonchev–Trinajstić information content (AvgIpc) is 2.75. The van der Waals surface area contributed by atoms with Crippen molar-refractivity contribution >= 4 is 23.3 Å². The van der Waals surface area contributed by atoms with Crippen molar-refractivity contribution in [1.82, 2.24) is 19.8 Å². The van der Waals surface area contributed by atoms with Crippen LogP contribution < -0.4 is 10.2 Å². The smallest absolute Gasteiger partial charge is 0.255 e. The fourth-order valence-electron chi connectivity index (χ4n) is 3.75. The minimum absolute atomic E-state index is 0.0421.